The topological polar surface area (TPSA) is 70.6 Å². The minimum atomic E-state index is -3.58. The Morgan fingerprint density at radius 2 is 1.67 bits per heavy atom. The first-order chi connectivity index (χ1) is 13.0. The van der Waals surface area contributed by atoms with Crippen LogP contribution in [0, 0.1) is 0 Å². The van der Waals surface area contributed by atoms with Gasteiger partial charge in [0.15, 0.2) is 0 Å². The number of benzene rings is 1. The zero-order valence-corrected chi connectivity index (χ0v) is 16.4. The van der Waals surface area contributed by atoms with Crippen molar-refractivity contribution in [1.29, 1.82) is 0 Å². The molecule has 2 aromatic rings. The molecular formula is C20H25N3O3S. The zero-order chi connectivity index (χ0) is 19.3. The molecule has 3 rings (SSSR count). The minimum absolute atomic E-state index is 0.0234. The van der Waals surface area contributed by atoms with Gasteiger partial charge in [-0.05, 0) is 67.6 Å². The number of piperidine rings is 1. The fraction of sp³-hybridized carbons (Fsp3) is 0.400. The van der Waals surface area contributed by atoms with E-state index in [1.165, 1.54) is 16.4 Å². The summed E-state index contributed by atoms with van der Waals surface area (Å²) in [4.78, 5) is 18.5. The molecule has 0 unspecified atom stereocenters. The van der Waals surface area contributed by atoms with Crippen molar-refractivity contribution in [1.82, 2.24) is 14.2 Å². The Morgan fingerprint density at radius 3 is 2.30 bits per heavy atom. The van der Waals surface area contributed by atoms with E-state index in [9.17, 15) is 13.2 Å². The molecule has 1 saturated heterocycles. The fourth-order valence-corrected chi connectivity index (χ4v) is 4.36. The molecule has 1 aromatic carbocycles. The van der Waals surface area contributed by atoms with Gasteiger partial charge in [0.05, 0.1) is 4.90 Å². The van der Waals surface area contributed by atoms with Gasteiger partial charge in [-0.25, -0.2) is 12.7 Å². The molecular weight excluding hydrogens is 362 g/mol. The molecule has 1 amide bonds. The maximum atomic E-state index is 12.8. The largest absolute Gasteiger partial charge is 0.339 e. The summed E-state index contributed by atoms with van der Waals surface area (Å²) in [5.74, 6) is -0.0234. The normalized spacial score (nSPS) is 15.1. The number of nitrogens with zero attached hydrogens (tertiary/aromatic N) is 3. The van der Waals surface area contributed by atoms with Gasteiger partial charge in [0.1, 0.15) is 0 Å². The van der Waals surface area contributed by atoms with Gasteiger partial charge in [0.25, 0.3) is 5.91 Å². The highest BCUT2D eigenvalue weighted by atomic mass is 32.2. The number of carbonyl (C=O) groups excluding carboxylic acids is 1. The Hall–Kier alpha value is -2.25. The van der Waals surface area contributed by atoms with E-state index in [-0.39, 0.29) is 10.8 Å². The SMILES string of the molecule is CN(CCc1ccncc1)S(=O)(=O)c1ccc(C(=O)N2CCCCC2)cc1. The number of hydrogen-bond acceptors (Lipinski definition) is 4. The maximum Gasteiger partial charge on any atom is 0.253 e. The smallest absolute Gasteiger partial charge is 0.253 e. The Balaban J connectivity index is 1.66. The van der Waals surface area contributed by atoms with E-state index in [1.54, 1.807) is 31.6 Å². The molecule has 1 aliphatic rings. The lowest BCUT2D eigenvalue weighted by Gasteiger charge is -2.26. The van der Waals surface area contributed by atoms with Crippen molar-refractivity contribution in [2.45, 2.75) is 30.6 Å². The Labute approximate surface area is 160 Å². The minimum Gasteiger partial charge on any atom is -0.339 e. The van der Waals surface area contributed by atoms with Crippen LogP contribution >= 0.6 is 0 Å². The molecule has 0 N–H and O–H groups in total. The van der Waals surface area contributed by atoms with Crippen LogP contribution in [0.2, 0.25) is 0 Å². The number of carbonyl (C=O) groups is 1. The molecule has 1 aromatic heterocycles. The highest BCUT2D eigenvalue weighted by Gasteiger charge is 2.22. The molecule has 2 heterocycles. The average Bonchev–Trinajstić information content (AvgIpc) is 2.73. The van der Waals surface area contributed by atoms with Gasteiger partial charge in [-0.1, -0.05) is 0 Å². The summed E-state index contributed by atoms with van der Waals surface area (Å²) < 4.78 is 26.9. The number of amides is 1. The van der Waals surface area contributed by atoms with Gasteiger partial charge in [0.2, 0.25) is 10.0 Å². The van der Waals surface area contributed by atoms with E-state index >= 15 is 0 Å². The second-order valence-corrected chi connectivity index (χ2v) is 8.85. The molecule has 0 saturated carbocycles. The standard InChI is InChI=1S/C20H25N3O3S/c1-22(16-11-17-9-12-21-13-10-17)27(25,26)19-7-5-18(6-8-19)20(24)23-14-3-2-4-15-23/h5-10,12-13H,2-4,11,14-16H2,1H3. The number of sulfonamides is 1. The summed E-state index contributed by atoms with van der Waals surface area (Å²) >= 11 is 0. The van der Waals surface area contributed by atoms with Crippen LogP contribution in [-0.2, 0) is 16.4 Å². The molecule has 144 valence electrons. The molecule has 7 heteroatoms. The summed E-state index contributed by atoms with van der Waals surface area (Å²) in [5.41, 5.74) is 1.57. The van der Waals surface area contributed by atoms with Crippen molar-refractivity contribution in [3.8, 4) is 0 Å². The van der Waals surface area contributed by atoms with Gasteiger partial charge in [-0.15, -0.1) is 0 Å². The summed E-state index contributed by atoms with van der Waals surface area (Å²) in [6.07, 6.45) is 7.22. The molecule has 27 heavy (non-hydrogen) atoms. The van der Waals surface area contributed by atoms with Crippen molar-refractivity contribution < 1.29 is 13.2 Å². The summed E-state index contributed by atoms with van der Waals surface area (Å²) in [6, 6.07) is 10.0. The van der Waals surface area contributed by atoms with Gasteiger partial charge in [-0.3, -0.25) is 9.78 Å². The van der Waals surface area contributed by atoms with Crippen LogP contribution in [-0.4, -0.2) is 55.2 Å². The third-order valence-corrected chi connectivity index (χ3v) is 6.79. The molecule has 0 atom stereocenters. The fourth-order valence-electron chi connectivity index (χ4n) is 3.19. The molecule has 0 radical (unpaired) electrons. The highest BCUT2D eigenvalue weighted by Crippen LogP contribution is 2.18. The predicted octanol–water partition coefficient (Wildman–Crippen LogP) is 2.57. The lowest BCUT2D eigenvalue weighted by molar-refractivity contribution is 0.0724. The van der Waals surface area contributed by atoms with Crippen molar-refractivity contribution in [2.24, 2.45) is 0 Å². The Kier molecular flexibility index (Phi) is 6.23. The van der Waals surface area contributed by atoms with Crippen LogP contribution in [0.15, 0.2) is 53.7 Å². The second kappa shape index (κ2) is 8.63. The Bertz CT molecular complexity index is 861. The first-order valence-electron chi connectivity index (χ1n) is 9.23. The van der Waals surface area contributed by atoms with Gasteiger partial charge in [-0.2, -0.15) is 0 Å². The highest BCUT2D eigenvalue weighted by molar-refractivity contribution is 7.89. The van der Waals surface area contributed by atoms with Crippen molar-refractivity contribution in [3.63, 3.8) is 0 Å². The maximum absolute atomic E-state index is 12.8. The first-order valence-corrected chi connectivity index (χ1v) is 10.7. The molecule has 0 aliphatic carbocycles. The molecule has 0 bridgehead atoms. The molecule has 6 nitrogen and oxygen atoms in total. The number of rotatable bonds is 6. The van der Waals surface area contributed by atoms with E-state index < -0.39 is 10.0 Å². The van der Waals surface area contributed by atoms with Gasteiger partial charge in [0, 0.05) is 44.6 Å². The predicted molar refractivity (Wildman–Crippen MR) is 104 cm³/mol. The summed E-state index contributed by atoms with van der Waals surface area (Å²) in [6.45, 7) is 1.92. The number of aromatic nitrogens is 1. The molecule has 1 fully saturated rings. The summed E-state index contributed by atoms with van der Waals surface area (Å²) in [7, 11) is -2.01. The lowest BCUT2D eigenvalue weighted by atomic mass is 10.1. The number of likely N-dealkylation sites (tertiary alicyclic amines) is 1. The van der Waals surface area contributed by atoms with Crippen LogP contribution in [0.5, 0.6) is 0 Å². The quantitative estimate of drug-likeness (QED) is 0.764. The van der Waals surface area contributed by atoms with Crippen molar-refractivity contribution in [3.05, 3.63) is 59.9 Å². The number of pyridine rings is 1. The zero-order valence-electron chi connectivity index (χ0n) is 15.5. The Morgan fingerprint density at radius 1 is 1.04 bits per heavy atom. The van der Waals surface area contributed by atoms with E-state index in [2.05, 4.69) is 4.98 Å². The van der Waals surface area contributed by atoms with Gasteiger partial charge >= 0.3 is 0 Å². The third kappa shape index (κ3) is 4.73. The number of likely N-dealkylation sites (N-methyl/N-ethyl adjacent to an activating group) is 1. The van der Waals surface area contributed by atoms with Crippen LogP contribution in [0.3, 0.4) is 0 Å². The van der Waals surface area contributed by atoms with Crippen LogP contribution in [0.4, 0.5) is 0 Å². The lowest BCUT2D eigenvalue weighted by Crippen LogP contribution is -2.35. The van der Waals surface area contributed by atoms with Crippen LogP contribution < -0.4 is 0 Å². The molecule has 1 aliphatic heterocycles. The van der Waals surface area contributed by atoms with Gasteiger partial charge < -0.3 is 4.90 Å². The number of hydrogen-bond donors (Lipinski definition) is 0. The average molecular weight is 388 g/mol. The van der Waals surface area contributed by atoms with E-state index in [4.69, 9.17) is 0 Å². The van der Waals surface area contributed by atoms with E-state index in [0.29, 0.717) is 18.5 Å². The molecule has 0 spiro atoms. The van der Waals surface area contributed by atoms with Crippen LogP contribution in [0.1, 0.15) is 35.2 Å². The van der Waals surface area contributed by atoms with Crippen molar-refractivity contribution in [2.75, 3.05) is 26.7 Å². The monoisotopic (exact) mass is 387 g/mol. The first kappa shape index (κ1) is 19.5. The van der Waals surface area contributed by atoms with Crippen LogP contribution in [0.25, 0.3) is 0 Å². The summed E-state index contributed by atoms with van der Waals surface area (Å²) in [5, 5.41) is 0. The van der Waals surface area contributed by atoms with Crippen molar-refractivity contribution >= 4 is 15.9 Å². The second-order valence-electron chi connectivity index (χ2n) is 6.81. The van der Waals surface area contributed by atoms with E-state index in [1.807, 2.05) is 17.0 Å². The third-order valence-electron chi connectivity index (χ3n) is 4.92. The van der Waals surface area contributed by atoms with E-state index in [0.717, 1.165) is 37.9 Å².